The normalized spacial score (nSPS) is 12.6. The Morgan fingerprint density at radius 3 is 3.06 bits per heavy atom. The van der Waals surface area contributed by atoms with E-state index in [0.717, 1.165) is 11.1 Å². The molecule has 0 bridgehead atoms. The number of nitrogens with two attached hydrogens (primary N) is 1. The van der Waals surface area contributed by atoms with Crippen LogP contribution in [-0.4, -0.2) is 26.8 Å². The lowest BCUT2D eigenvalue weighted by atomic mass is 10.1. The smallest absolute Gasteiger partial charge is 0.255 e. The molecular weight excluding hydrogens is 220 g/mol. The van der Waals surface area contributed by atoms with Crippen LogP contribution in [0.1, 0.15) is 24.0 Å². The molecule has 2 rings (SSSR count). The Kier molecular flexibility index (Phi) is 3.46. The van der Waals surface area contributed by atoms with Crippen LogP contribution in [-0.2, 0) is 0 Å². The molecule has 90 valence electrons. The highest BCUT2D eigenvalue weighted by Crippen LogP contribution is 2.21. The lowest BCUT2D eigenvalue weighted by Gasteiger charge is -2.01. The van der Waals surface area contributed by atoms with Crippen LogP contribution in [0.3, 0.4) is 0 Å². The topological polar surface area (TPSA) is 98.1 Å². The van der Waals surface area contributed by atoms with E-state index in [1.165, 1.54) is 0 Å². The third kappa shape index (κ3) is 2.48. The standard InChI is InChI=1S/C11H14N4O2/c1-7-3-5-13-6-8(7)10-14-11(17-15-10)9(16)2-4-12/h3,5-6,9,16H,2,4,12H2,1H3/t9-/m0/s1. The number of hydrogen-bond acceptors (Lipinski definition) is 6. The highest BCUT2D eigenvalue weighted by molar-refractivity contribution is 5.57. The van der Waals surface area contributed by atoms with Crippen LogP contribution >= 0.6 is 0 Å². The summed E-state index contributed by atoms with van der Waals surface area (Å²) in [4.78, 5) is 8.14. The molecule has 0 amide bonds. The maximum Gasteiger partial charge on any atom is 0.255 e. The van der Waals surface area contributed by atoms with Gasteiger partial charge in [-0.25, -0.2) is 0 Å². The van der Waals surface area contributed by atoms with E-state index in [2.05, 4.69) is 15.1 Å². The van der Waals surface area contributed by atoms with Crippen molar-refractivity contribution in [1.82, 2.24) is 15.1 Å². The van der Waals surface area contributed by atoms with Gasteiger partial charge < -0.3 is 15.4 Å². The molecule has 1 atom stereocenters. The summed E-state index contributed by atoms with van der Waals surface area (Å²) in [5, 5.41) is 13.5. The van der Waals surface area contributed by atoms with Gasteiger partial charge in [-0.1, -0.05) is 5.16 Å². The van der Waals surface area contributed by atoms with Crippen molar-refractivity contribution in [2.24, 2.45) is 5.73 Å². The van der Waals surface area contributed by atoms with Crippen LogP contribution < -0.4 is 5.73 Å². The van der Waals surface area contributed by atoms with Gasteiger partial charge >= 0.3 is 0 Å². The van der Waals surface area contributed by atoms with Crippen molar-refractivity contribution >= 4 is 0 Å². The Morgan fingerprint density at radius 2 is 2.35 bits per heavy atom. The molecule has 0 fully saturated rings. The van der Waals surface area contributed by atoms with E-state index in [1.54, 1.807) is 12.4 Å². The molecule has 0 spiro atoms. The first kappa shape index (κ1) is 11.7. The fourth-order valence-corrected chi connectivity index (χ4v) is 1.46. The van der Waals surface area contributed by atoms with Gasteiger partial charge in [0.25, 0.3) is 5.89 Å². The van der Waals surface area contributed by atoms with E-state index in [4.69, 9.17) is 10.3 Å². The van der Waals surface area contributed by atoms with Gasteiger partial charge in [-0.15, -0.1) is 0 Å². The number of hydrogen-bond donors (Lipinski definition) is 2. The minimum Gasteiger partial charge on any atom is -0.383 e. The van der Waals surface area contributed by atoms with Gasteiger partial charge in [0.1, 0.15) is 6.10 Å². The van der Waals surface area contributed by atoms with E-state index in [1.807, 2.05) is 13.0 Å². The quantitative estimate of drug-likeness (QED) is 0.812. The second-order valence-corrected chi connectivity index (χ2v) is 3.74. The summed E-state index contributed by atoms with van der Waals surface area (Å²) >= 11 is 0. The lowest BCUT2D eigenvalue weighted by Crippen LogP contribution is -2.06. The molecule has 0 aromatic carbocycles. The number of rotatable bonds is 4. The van der Waals surface area contributed by atoms with Gasteiger partial charge in [0.2, 0.25) is 5.82 Å². The molecule has 6 heteroatoms. The van der Waals surface area contributed by atoms with E-state index < -0.39 is 6.10 Å². The van der Waals surface area contributed by atoms with Crippen molar-refractivity contribution in [2.45, 2.75) is 19.4 Å². The maximum absolute atomic E-state index is 9.66. The zero-order chi connectivity index (χ0) is 12.3. The average molecular weight is 234 g/mol. The van der Waals surface area contributed by atoms with E-state index >= 15 is 0 Å². The minimum atomic E-state index is -0.807. The first-order valence-electron chi connectivity index (χ1n) is 5.35. The van der Waals surface area contributed by atoms with Crippen LogP contribution in [0.2, 0.25) is 0 Å². The van der Waals surface area contributed by atoms with Crippen LogP contribution in [0.15, 0.2) is 23.0 Å². The van der Waals surface area contributed by atoms with Crippen LogP contribution in [0, 0.1) is 6.92 Å². The zero-order valence-corrected chi connectivity index (χ0v) is 9.50. The van der Waals surface area contributed by atoms with E-state index in [0.29, 0.717) is 18.8 Å². The first-order chi connectivity index (χ1) is 8.22. The monoisotopic (exact) mass is 234 g/mol. The molecular formula is C11H14N4O2. The van der Waals surface area contributed by atoms with Gasteiger partial charge in [0.15, 0.2) is 0 Å². The summed E-state index contributed by atoms with van der Waals surface area (Å²) in [7, 11) is 0. The molecule has 2 heterocycles. The highest BCUT2D eigenvalue weighted by Gasteiger charge is 2.16. The summed E-state index contributed by atoms with van der Waals surface area (Å²) in [6.07, 6.45) is 2.95. The van der Waals surface area contributed by atoms with Gasteiger partial charge in [0, 0.05) is 18.0 Å². The van der Waals surface area contributed by atoms with Crippen LogP contribution in [0.5, 0.6) is 0 Å². The zero-order valence-electron chi connectivity index (χ0n) is 9.50. The largest absolute Gasteiger partial charge is 0.383 e. The predicted molar refractivity (Wildman–Crippen MR) is 60.9 cm³/mol. The third-order valence-electron chi connectivity index (χ3n) is 2.45. The molecule has 0 unspecified atom stereocenters. The third-order valence-corrected chi connectivity index (χ3v) is 2.45. The lowest BCUT2D eigenvalue weighted by molar-refractivity contribution is 0.127. The second kappa shape index (κ2) is 5.03. The molecule has 3 N–H and O–H groups in total. The molecule has 2 aromatic heterocycles. The molecule has 0 aliphatic heterocycles. The van der Waals surface area contributed by atoms with E-state index in [-0.39, 0.29) is 5.89 Å². The number of aliphatic hydroxyl groups excluding tert-OH is 1. The SMILES string of the molecule is Cc1ccncc1-c1noc([C@@H](O)CCN)n1. The van der Waals surface area contributed by atoms with Crippen molar-refractivity contribution in [3.8, 4) is 11.4 Å². The molecule has 6 nitrogen and oxygen atoms in total. The van der Waals surface area contributed by atoms with Gasteiger partial charge in [-0.2, -0.15) is 4.98 Å². The molecule has 0 aliphatic rings. The summed E-state index contributed by atoms with van der Waals surface area (Å²) < 4.78 is 4.99. The minimum absolute atomic E-state index is 0.189. The molecule has 0 aliphatic carbocycles. The van der Waals surface area contributed by atoms with Crippen molar-refractivity contribution < 1.29 is 9.63 Å². The Hall–Kier alpha value is -1.79. The average Bonchev–Trinajstić information content (AvgIpc) is 2.79. The van der Waals surface area contributed by atoms with Crippen molar-refractivity contribution in [1.29, 1.82) is 0 Å². The highest BCUT2D eigenvalue weighted by atomic mass is 16.5. The Labute approximate surface area is 98.5 Å². The fraction of sp³-hybridized carbons (Fsp3) is 0.364. The van der Waals surface area contributed by atoms with E-state index in [9.17, 15) is 5.11 Å². The molecule has 0 saturated carbocycles. The van der Waals surface area contributed by atoms with Crippen LogP contribution in [0.25, 0.3) is 11.4 Å². The predicted octanol–water partition coefficient (Wildman–Crippen LogP) is 0.822. The summed E-state index contributed by atoms with van der Waals surface area (Å²) in [5.41, 5.74) is 7.14. The molecule has 0 radical (unpaired) electrons. The number of pyridine rings is 1. The summed E-state index contributed by atoms with van der Waals surface area (Å²) in [6, 6.07) is 1.86. The summed E-state index contributed by atoms with van der Waals surface area (Å²) in [6.45, 7) is 2.30. The number of aryl methyl sites for hydroxylation is 1. The second-order valence-electron chi connectivity index (χ2n) is 3.74. The number of aromatic nitrogens is 3. The molecule has 0 saturated heterocycles. The van der Waals surface area contributed by atoms with Crippen molar-refractivity contribution in [3.05, 3.63) is 29.9 Å². The first-order valence-corrected chi connectivity index (χ1v) is 5.35. The van der Waals surface area contributed by atoms with Gasteiger partial charge in [-0.05, 0) is 31.5 Å². The fourth-order valence-electron chi connectivity index (χ4n) is 1.46. The Bertz CT molecular complexity index is 498. The molecule has 2 aromatic rings. The molecule has 17 heavy (non-hydrogen) atoms. The Morgan fingerprint density at radius 1 is 1.53 bits per heavy atom. The number of nitrogens with zero attached hydrogens (tertiary/aromatic N) is 3. The van der Waals surface area contributed by atoms with Crippen molar-refractivity contribution in [2.75, 3.05) is 6.54 Å². The van der Waals surface area contributed by atoms with Crippen molar-refractivity contribution in [3.63, 3.8) is 0 Å². The van der Waals surface area contributed by atoms with Crippen LogP contribution in [0.4, 0.5) is 0 Å². The van der Waals surface area contributed by atoms with Gasteiger partial charge in [0.05, 0.1) is 0 Å². The Balaban J connectivity index is 2.27. The maximum atomic E-state index is 9.66. The van der Waals surface area contributed by atoms with Gasteiger partial charge in [-0.3, -0.25) is 4.98 Å². The summed E-state index contributed by atoms with van der Waals surface area (Å²) in [5.74, 6) is 0.621. The number of aliphatic hydroxyl groups is 1.